The van der Waals surface area contributed by atoms with Crippen molar-refractivity contribution in [3.8, 4) is 33.8 Å². The average molecular weight is 864 g/mol. The standard InChI is InChI=1S/C48H61N7O8/c1-5-6-8-31-10-13-33(14-11-31)34-15-17-35(18-16-34)44(57)53-39(9-7-22-49)45(58)55(4)48(3)36-19-21-42(63-26-24-51)38(29-36)37-27-32(12-20-41(37)62-25-23-50)28-40(46(59)60)54-43(56)30(2)52-47(48)61/h10-21,27,29-30,39-40H,5-9,22-26,28,49-51H2,1-4H3,(H,52,61)(H,53,57)(H,54,56)(H,59,60)/t30-,39-,40-,48-/m0/s1. The predicted molar refractivity (Wildman–Crippen MR) is 242 cm³/mol. The minimum absolute atomic E-state index is 0.0907. The van der Waals surface area contributed by atoms with E-state index in [-0.39, 0.29) is 45.7 Å². The molecule has 0 unspecified atom stereocenters. The quantitative estimate of drug-likeness (QED) is 0.0758. The number of unbranched alkanes of at least 4 members (excludes halogenated alkanes) is 1. The third-order valence-electron chi connectivity index (χ3n) is 11.4. The van der Waals surface area contributed by atoms with Crippen LogP contribution in [0.25, 0.3) is 22.3 Å². The number of aliphatic carboxylic acids is 1. The molecule has 0 radical (unpaired) electrons. The lowest BCUT2D eigenvalue weighted by atomic mass is 9.85. The molecule has 10 N–H and O–H groups in total. The summed E-state index contributed by atoms with van der Waals surface area (Å²) in [5.74, 6) is -3.10. The molecule has 15 heteroatoms. The Kier molecular flexibility index (Phi) is 16.8. The second-order valence-electron chi connectivity index (χ2n) is 15.9. The normalized spacial score (nSPS) is 18.0. The molecule has 1 heterocycles. The third-order valence-corrected chi connectivity index (χ3v) is 11.4. The fourth-order valence-electron chi connectivity index (χ4n) is 7.49. The van der Waals surface area contributed by atoms with Crippen molar-refractivity contribution in [2.24, 2.45) is 17.2 Å². The molecule has 4 aromatic carbocycles. The second kappa shape index (κ2) is 22.2. The van der Waals surface area contributed by atoms with Gasteiger partial charge in [-0.3, -0.25) is 19.2 Å². The minimum Gasteiger partial charge on any atom is -0.492 e. The van der Waals surface area contributed by atoms with Crippen LogP contribution in [-0.2, 0) is 37.6 Å². The van der Waals surface area contributed by atoms with Gasteiger partial charge in [-0.15, -0.1) is 0 Å². The van der Waals surface area contributed by atoms with Gasteiger partial charge in [0.05, 0.1) is 0 Å². The summed E-state index contributed by atoms with van der Waals surface area (Å²) in [6, 6.07) is 21.9. The highest BCUT2D eigenvalue weighted by molar-refractivity contribution is 6.00. The predicted octanol–water partition coefficient (Wildman–Crippen LogP) is 3.88. The summed E-state index contributed by atoms with van der Waals surface area (Å²) in [6.07, 6.45) is 3.70. The molecule has 0 saturated heterocycles. The van der Waals surface area contributed by atoms with Crippen molar-refractivity contribution in [2.75, 3.05) is 39.9 Å². The van der Waals surface area contributed by atoms with E-state index in [2.05, 4.69) is 47.1 Å². The number of nitrogens with two attached hydrogens (primary N) is 3. The number of benzene rings is 4. The molecule has 0 aliphatic carbocycles. The Balaban J connectivity index is 1.56. The minimum atomic E-state index is -1.85. The largest absolute Gasteiger partial charge is 0.492 e. The molecule has 0 aromatic heterocycles. The number of fused-ring (bicyclic) bond motifs is 5. The summed E-state index contributed by atoms with van der Waals surface area (Å²) in [5, 5.41) is 18.3. The molecule has 0 spiro atoms. The van der Waals surface area contributed by atoms with Gasteiger partial charge in [0.25, 0.3) is 11.8 Å². The van der Waals surface area contributed by atoms with Crippen LogP contribution in [0.2, 0.25) is 0 Å². The molecule has 4 bridgehead atoms. The summed E-state index contributed by atoms with van der Waals surface area (Å²) in [6.45, 7) is 6.06. The number of aryl methyl sites for hydroxylation is 1. The summed E-state index contributed by atoms with van der Waals surface area (Å²) < 4.78 is 12.2. The van der Waals surface area contributed by atoms with Crippen LogP contribution >= 0.6 is 0 Å². The maximum absolute atomic E-state index is 14.8. The second-order valence-corrected chi connectivity index (χ2v) is 15.9. The smallest absolute Gasteiger partial charge is 0.326 e. The fourth-order valence-corrected chi connectivity index (χ4v) is 7.49. The number of hydrogen-bond donors (Lipinski definition) is 7. The number of likely N-dealkylation sites (N-methyl/N-ethyl adjacent to an activating group) is 1. The van der Waals surface area contributed by atoms with E-state index < -0.39 is 53.3 Å². The van der Waals surface area contributed by atoms with Crippen LogP contribution in [0, 0.1) is 0 Å². The van der Waals surface area contributed by atoms with Crippen molar-refractivity contribution in [1.29, 1.82) is 0 Å². The van der Waals surface area contributed by atoms with Crippen molar-refractivity contribution >= 4 is 29.6 Å². The van der Waals surface area contributed by atoms with Crippen molar-refractivity contribution in [1.82, 2.24) is 20.9 Å². The Labute approximate surface area is 369 Å². The number of nitrogens with one attached hydrogen (secondary N) is 3. The zero-order valence-corrected chi connectivity index (χ0v) is 36.6. The molecular formula is C48H61N7O8. The van der Waals surface area contributed by atoms with Crippen molar-refractivity contribution < 1.29 is 38.6 Å². The van der Waals surface area contributed by atoms with E-state index in [9.17, 15) is 29.1 Å². The van der Waals surface area contributed by atoms with E-state index in [0.29, 0.717) is 45.7 Å². The van der Waals surface area contributed by atoms with Gasteiger partial charge in [-0.1, -0.05) is 61.9 Å². The molecule has 336 valence electrons. The molecule has 0 fully saturated rings. The van der Waals surface area contributed by atoms with Crippen molar-refractivity contribution in [2.45, 2.75) is 83.0 Å². The lowest BCUT2D eigenvalue weighted by molar-refractivity contribution is -0.148. The van der Waals surface area contributed by atoms with Crippen LogP contribution in [0.1, 0.15) is 73.5 Å². The number of carbonyl (C=O) groups is 5. The molecule has 15 nitrogen and oxygen atoms in total. The van der Waals surface area contributed by atoms with Gasteiger partial charge in [-0.2, -0.15) is 0 Å². The molecule has 4 amide bonds. The monoisotopic (exact) mass is 863 g/mol. The molecule has 4 atom stereocenters. The summed E-state index contributed by atoms with van der Waals surface area (Å²) in [7, 11) is 1.45. The number of carboxylic acids is 1. The summed E-state index contributed by atoms with van der Waals surface area (Å²) in [5.41, 5.74) is 21.1. The number of amides is 4. The SMILES string of the molecule is CCCCc1ccc(-c2ccc(C(=O)N[C@@H](CCCN)C(=O)N(C)[C@]3(C)C(=O)N[C@@H](C)C(=O)N[C@H](C(=O)O)Cc4ccc(OCCN)c(c4)-c4cc3ccc4OCCN)cc2)cc1. The first-order valence-corrected chi connectivity index (χ1v) is 21.5. The van der Waals surface area contributed by atoms with E-state index in [1.54, 1.807) is 48.5 Å². The van der Waals surface area contributed by atoms with Gasteiger partial charge >= 0.3 is 5.97 Å². The fraction of sp³-hybridized carbons (Fsp3) is 0.396. The van der Waals surface area contributed by atoms with Crippen molar-refractivity contribution in [3.05, 3.63) is 107 Å². The van der Waals surface area contributed by atoms with Gasteiger partial charge in [-0.25, -0.2) is 4.79 Å². The van der Waals surface area contributed by atoms with Crippen LogP contribution in [0.3, 0.4) is 0 Å². The molecular weight excluding hydrogens is 803 g/mol. The van der Waals surface area contributed by atoms with Crippen molar-refractivity contribution in [3.63, 3.8) is 0 Å². The number of carboxylic acid groups (broad SMARTS) is 1. The lowest BCUT2D eigenvalue weighted by Gasteiger charge is -2.40. The van der Waals surface area contributed by atoms with Gasteiger partial charge < -0.3 is 52.6 Å². The van der Waals surface area contributed by atoms with E-state index in [1.807, 2.05) is 12.1 Å². The highest BCUT2D eigenvalue weighted by Gasteiger charge is 2.45. The highest BCUT2D eigenvalue weighted by atomic mass is 16.5. The Morgan fingerprint density at radius 3 is 2.03 bits per heavy atom. The highest BCUT2D eigenvalue weighted by Crippen LogP contribution is 2.41. The third kappa shape index (κ3) is 11.6. The van der Waals surface area contributed by atoms with Gasteiger partial charge in [0.1, 0.15) is 48.4 Å². The van der Waals surface area contributed by atoms with Crippen LogP contribution in [0.5, 0.6) is 11.5 Å². The number of nitrogens with zero attached hydrogens (tertiary/aromatic N) is 1. The van der Waals surface area contributed by atoms with E-state index in [0.717, 1.165) is 30.4 Å². The van der Waals surface area contributed by atoms with E-state index in [1.165, 1.54) is 31.4 Å². The van der Waals surface area contributed by atoms with Gasteiger partial charge in [0.15, 0.2) is 0 Å². The maximum atomic E-state index is 14.8. The van der Waals surface area contributed by atoms with E-state index in [4.69, 9.17) is 26.7 Å². The summed E-state index contributed by atoms with van der Waals surface area (Å²) >= 11 is 0. The number of hydrogen-bond acceptors (Lipinski definition) is 10. The molecule has 1 aliphatic rings. The first kappa shape index (κ1) is 47.8. The van der Waals surface area contributed by atoms with Gasteiger partial charge in [-0.05, 0) is 110 Å². The van der Waals surface area contributed by atoms with Gasteiger partial charge in [0, 0.05) is 43.2 Å². The number of rotatable bonds is 18. The molecule has 1 aliphatic heterocycles. The molecule has 63 heavy (non-hydrogen) atoms. The van der Waals surface area contributed by atoms with Crippen LogP contribution in [0.15, 0.2) is 84.9 Å². The Hall–Kier alpha value is -6.29. The first-order valence-electron chi connectivity index (χ1n) is 21.5. The van der Waals surface area contributed by atoms with Crippen LogP contribution < -0.4 is 42.6 Å². The zero-order valence-electron chi connectivity index (χ0n) is 36.6. The molecule has 0 saturated carbocycles. The topological polar surface area (TPSA) is 241 Å². The number of ether oxygens (including phenoxy) is 2. The number of carbonyl (C=O) groups excluding carboxylic acids is 4. The Morgan fingerprint density at radius 1 is 0.841 bits per heavy atom. The lowest BCUT2D eigenvalue weighted by Crippen LogP contribution is -2.61. The summed E-state index contributed by atoms with van der Waals surface area (Å²) in [4.78, 5) is 70.7. The zero-order chi connectivity index (χ0) is 45.7. The molecule has 4 aromatic rings. The van der Waals surface area contributed by atoms with Crippen LogP contribution in [0.4, 0.5) is 0 Å². The molecule has 5 rings (SSSR count). The van der Waals surface area contributed by atoms with E-state index >= 15 is 0 Å². The Morgan fingerprint density at radius 2 is 1.44 bits per heavy atom. The first-order chi connectivity index (χ1) is 30.2. The maximum Gasteiger partial charge on any atom is 0.326 e. The van der Waals surface area contributed by atoms with Crippen LogP contribution in [-0.4, -0.2) is 97.6 Å². The Bertz CT molecular complexity index is 2230. The average Bonchev–Trinajstić information content (AvgIpc) is 3.29. The van der Waals surface area contributed by atoms with Gasteiger partial charge in [0.2, 0.25) is 11.8 Å².